The van der Waals surface area contributed by atoms with Crippen LogP contribution in [0.3, 0.4) is 0 Å². The predicted octanol–water partition coefficient (Wildman–Crippen LogP) is 2.18. The van der Waals surface area contributed by atoms with Crippen LogP contribution in [0.1, 0.15) is 30.0 Å². The Balaban J connectivity index is 2.41. The van der Waals surface area contributed by atoms with E-state index >= 15 is 0 Å². The number of aryl methyl sites for hydroxylation is 1. The van der Waals surface area contributed by atoms with Gasteiger partial charge >= 0.3 is 0 Å². The molecule has 1 fully saturated rings. The second kappa shape index (κ2) is 2.80. The smallest absolute Gasteiger partial charge is 0.258 e. The molecular weight excluding hydrogens is 168 g/mol. The summed E-state index contributed by atoms with van der Waals surface area (Å²) >= 11 is 0. The van der Waals surface area contributed by atoms with Crippen LogP contribution < -0.4 is 0 Å². The number of pyridine rings is 1. The van der Waals surface area contributed by atoms with Gasteiger partial charge in [-0.15, -0.1) is 0 Å². The molecule has 1 aliphatic rings. The molecule has 0 unspecified atom stereocenters. The summed E-state index contributed by atoms with van der Waals surface area (Å²) in [5.74, 6) is 0.520. The van der Waals surface area contributed by atoms with Crippen molar-refractivity contribution in [3.8, 4) is 0 Å². The van der Waals surface area contributed by atoms with Gasteiger partial charge in [-0.25, -0.2) is 0 Å². The van der Waals surface area contributed by atoms with Gasteiger partial charge in [0.1, 0.15) is 5.69 Å². The highest BCUT2D eigenvalue weighted by Gasteiger charge is 2.26. The number of nitro groups is 1. The van der Waals surface area contributed by atoms with Crippen molar-refractivity contribution >= 4 is 5.69 Å². The Morgan fingerprint density at radius 1 is 1.62 bits per heavy atom. The molecule has 0 radical (unpaired) electrons. The molecule has 1 aromatic heterocycles. The van der Waals surface area contributed by atoms with Crippen LogP contribution in [0.25, 0.3) is 0 Å². The maximum atomic E-state index is 10.6. The van der Waals surface area contributed by atoms with Crippen molar-refractivity contribution in [3.63, 3.8) is 0 Å². The van der Waals surface area contributed by atoms with Gasteiger partial charge < -0.3 is 0 Å². The van der Waals surface area contributed by atoms with Crippen LogP contribution in [-0.4, -0.2) is 9.91 Å². The second-order valence-electron chi connectivity index (χ2n) is 3.40. The molecule has 0 amide bonds. The molecular formula is C9H10N2O2. The van der Waals surface area contributed by atoms with Crippen LogP contribution in [0, 0.1) is 17.0 Å². The zero-order valence-corrected chi connectivity index (χ0v) is 7.36. The summed E-state index contributed by atoms with van der Waals surface area (Å²) in [7, 11) is 0. The molecule has 0 spiro atoms. The fraction of sp³-hybridized carbons (Fsp3) is 0.444. The maximum Gasteiger partial charge on any atom is 0.290 e. The topological polar surface area (TPSA) is 56.0 Å². The van der Waals surface area contributed by atoms with Gasteiger partial charge in [-0.05, 0) is 31.2 Å². The minimum Gasteiger partial charge on any atom is -0.258 e. The van der Waals surface area contributed by atoms with Crippen LogP contribution in [0.4, 0.5) is 5.69 Å². The zero-order valence-electron chi connectivity index (χ0n) is 7.36. The quantitative estimate of drug-likeness (QED) is 0.515. The molecule has 0 aliphatic heterocycles. The predicted molar refractivity (Wildman–Crippen MR) is 47.6 cm³/mol. The summed E-state index contributed by atoms with van der Waals surface area (Å²) in [5, 5.41) is 10.6. The molecule has 1 aromatic rings. The van der Waals surface area contributed by atoms with Crippen LogP contribution >= 0.6 is 0 Å². The zero-order chi connectivity index (χ0) is 9.42. The van der Waals surface area contributed by atoms with Gasteiger partial charge in [0.25, 0.3) is 5.69 Å². The molecule has 4 nitrogen and oxygen atoms in total. The van der Waals surface area contributed by atoms with Crippen LogP contribution in [0.5, 0.6) is 0 Å². The molecule has 0 N–H and O–H groups in total. The third-order valence-electron chi connectivity index (χ3n) is 2.33. The number of hydrogen-bond acceptors (Lipinski definition) is 3. The highest BCUT2D eigenvalue weighted by molar-refractivity contribution is 5.39. The van der Waals surface area contributed by atoms with Crippen molar-refractivity contribution < 1.29 is 4.92 Å². The SMILES string of the molecule is Cc1ncc(C2CC2)cc1[N+](=O)[O-]. The summed E-state index contributed by atoms with van der Waals surface area (Å²) in [6, 6.07) is 1.65. The molecule has 0 bridgehead atoms. The highest BCUT2D eigenvalue weighted by atomic mass is 16.6. The molecule has 2 rings (SSSR count). The van der Waals surface area contributed by atoms with E-state index in [1.54, 1.807) is 19.2 Å². The van der Waals surface area contributed by atoms with Gasteiger partial charge in [0.05, 0.1) is 4.92 Å². The lowest BCUT2D eigenvalue weighted by molar-refractivity contribution is -0.385. The average Bonchev–Trinajstić information content (AvgIpc) is 2.87. The van der Waals surface area contributed by atoms with Gasteiger partial charge in [-0.2, -0.15) is 0 Å². The van der Waals surface area contributed by atoms with Gasteiger partial charge in [-0.1, -0.05) is 0 Å². The van der Waals surface area contributed by atoms with Crippen molar-refractivity contribution in [1.29, 1.82) is 0 Å². The van der Waals surface area contributed by atoms with Gasteiger partial charge in [-0.3, -0.25) is 15.1 Å². The Kier molecular flexibility index (Phi) is 1.76. The summed E-state index contributed by atoms with van der Waals surface area (Å²) < 4.78 is 0. The number of hydrogen-bond donors (Lipinski definition) is 0. The average molecular weight is 178 g/mol. The number of rotatable bonds is 2. The van der Waals surface area contributed by atoms with Crippen molar-refractivity contribution in [2.45, 2.75) is 25.7 Å². The Hall–Kier alpha value is -1.45. The molecule has 13 heavy (non-hydrogen) atoms. The van der Waals surface area contributed by atoms with E-state index < -0.39 is 0 Å². The molecule has 1 heterocycles. The molecule has 1 saturated carbocycles. The van der Waals surface area contributed by atoms with Crippen molar-refractivity contribution in [2.75, 3.05) is 0 Å². The fourth-order valence-electron chi connectivity index (χ4n) is 1.36. The molecule has 68 valence electrons. The van der Waals surface area contributed by atoms with Crippen LogP contribution in [0.2, 0.25) is 0 Å². The molecule has 0 aromatic carbocycles. The molecule has 4 heteroatoms. The van der Waals surface area contributed by atoms with Crippen molar-refractivity contribution in [3.05, 3.63) is 33.6 Å². The lowest BCUT2D eigenvalue weighted by atomic mass is 10.1. The first kappa shape index (κ1) is 8.16. The normalized spacial score (nSPS) is 15.8. The maximum absolute atomic E-state index is 10.6. The summed E-state index contributed by atoms with van der Waals surface area (Å²) in [6.45, 7) is 1.66. The van der Waals surface area contributed by atoms with E-state index in [2.05, 4.69) is 4.98 Å². The van der Waals surface area contributed by atoms with E-state index in [1.165, 1.54) is 0 Å². The standard InChI is InChI=1S/C9H10N2O2/c1-6-9(11(12)13)4-8(5-10-6)7-2-3-7/h4-5,7H,2-3H2,1H3. The third kappa shape index (κ3) is 1.52. The minimum absolute atomic E-state index is 0.143. The van der Waals surface area contributed by atoms with Crippen LogP contribution in [-0.2, 0) is 0 Å². The second-order valence-corrected chi connectivity index (χ2v) is 3.40. The Morgan fingerprint density at radius 2 is 2.31 bits per heavy atom. The van der Waals surface area contributed by atoms with Gasteiger partial charge in [0.2, 0.25) is 0 Å². The van der Waals surface area contributed by atoms with E-state index in [1.807, 2.05) is 0 Å². The Labute approximate surface area is 75.8 Å². The highest BCUT2D eigenvalue weighted by Crippen LogP contribution is 2.40. The van der Waals surface area contributed by atoms with Gasteiger partial charge in [0.15, 0.2) is 0 Å². The van der Waals surface area contributed by atoms with Crippen molar-refractivity contribution in [1.82, 2.24) is 4.98 Å². The molecule has 0 saturated heterocycles. The summed E-state index contributed by atoms with van der Waals surface area (Å²) in [5.41, 5.74) is 1.65. The summed E-state index contributed by atoms with van der Waals surface area (Å²) in [4.78, 5) is 14.2. The van der Waals surface area contributed by atoms with Gasteiger partial charge in [0, 0.05) is 12.3 Å². The van der Waals surface area contributed by atoms with Crippen molar-refractivity contribution in [2.24, 2.45) is 0 Å². The first-order chi connectivity index (χ1) is 6.18. The van der Waals surface area contributed by atoms with E-state index in [9.17, 15) is 10.1 Å². The lowest BCUT2D eigenvalue weighted by Crippen LogP contribution is -1.95. The van der Waals surface area contributed by atoms with E-state index in [0.717, 1.165) is 18.4 Å². The van der Waals surface area contributed by atoms with E-state index in [0.29, 0.717) is 11.6 Å². The Bertz CT molecular complexity index is 359. The first-order valence-electron chi connectivity index (χ1n) is 4.29. The largest absolute Gasteiger partial charge is 0.290 e. The fourth-order valence-corrected chi connectivity index (χ4v) is 1.36. The lowest BCUT2D eigenvalue weighted by Gasteiger charge is -1.99. The number of aromatic nitrogens is 1. The molecule has 0 atom stereocenters. The van der Waals surface area contributed by atoms with E-state index in [-0.39, 0.29) is 10.6 Å². The monoisotopic (exact) mass is 178 g/mol. The Morgan fingerprint density at radius 3 is 2.85 bits per heavy atom. The van der Waals surface area contributed by atoms with E-state index in [4.69, 9.17) is 0 Å². The first-order valence-corrected chi connectivity index (χ1v) is 4.29. The number of nitrogens with zero attached hydrogens (tertiary/aromatic N) is 2. The third-order valence-corrected chi connectivity index (χ3v) is 2.33. The summed E-state index contributed by atoms with van der Waals surface area (Å²) in [6.07, 6.45) is 4.03. The minimum atomic E-state index is -0.367. The van der Waals surface area contributed by atoms with Crippen LogP contribution in [0.15, 0.2) is 12.3 Å². The molecule has 1 aliphatic carbocycles.